The molecular weight excluding hydrogens is 252 g/mol. The average molecular weight is 282 g/mol. The Morgan fingerprint density at radius 3 is 2.30 bits per heavy atom. The first kappa shape index (κ1) is 15.7. The molecule has 116 valence electrons. The molecule has 2 rings (SSSR count). The lowest BCUT2D eigenvalue weighted by Crippen LogP contribution is -2.54. The van der Waals surface area contributed by atoms with Gasteiger partial charge in [0.15, 0.2) is 0 Å². The van der Waals surface area contributed by atoms with Crippen molar-refractivity contribution in [1.82, 2.24) is 15.1 Å². The monoisotopic (exact) mass is 282 g/mol. The highest BCUT2D eigenvalue weighted by Crippen LogP contribution is 2.20. The highest BCUT2D eigenvalue weighted by Gasteiger charge is 2.29. The number of piperazine rings is 1. The van der Waals surface area contributed by atoms with Crippen molar-refractivity contribution in [3.05, 3.63) is 0 Å². The van der Waals surface area contributed by atoms with Crippen LogP contribution >= 0.6 is 0 Å². The number of hydrogen-bond donors (Lipinski definition) is 2. The largest absolute Gasteiger partial charge is 0.368 e. The summed E-state index contributed by atoms with van der Waals surface area (Å²) in [6.45, 7) is 12.2. The van der Waals surface area contributed by atoms with Crippen LogP contribution in [0, 0.1) is 0 Å². The maximum absolute atomic E-state index is 11.5. The van der Waals surface area contributed by atoms with Crippen LogP contribution in [0.3, 0.4) is 0 Å². The Kier molecular flexibility index (Phi) is 5.04. The van der Waals surface area contributed by atoms with Crippen LogP contribution < -0.4 is 11.1 Å². The second-order valence-corrected chi connectivity index (χ2v) is 7.18. The van der Waals surface area contributed by atoms with Gasteiger partial charge in [-0.2, -0.15) is 0 Å². The van der Waals surface area contributed by atoms with E-state index in [-0.39, 0.29) is 17.5 Å². The maximum Gasteiger partial charge on any atom is 0.234 e. The minimum atomic E-state index is -0.203. The molecule has 0 aromatic carbocycles. The number of hydrogen-bond acceptors (Lipinski definition) is 4. The first-order chi connectivity index (χ1) is 9.36. The summed E-state index contributed by atoms with van der Waals surface area (Å²) < 4.78 is 0. The van der Waals surface area contributed by atoms with Gasteiger partial charge in [0.05, 0.1) is 6.04 Å². The molecule has 2 aliphatic rings. The van der Waals surface area contributed by atoms with E-state index in [1.807, 2.05) is 0 Å². The predicted molar refractivity (Wildman–Crippen MR) is 81.5 cm³/mol. The Balaban J connectivity index is 1.70. The van der Waals surface area contributed by atoms with Crippen molar-refractivity contribution in [2.75, 3.05) is 32.7 Å². The van der Waals surface area contributed by atoms with Crippen molar-refractivity contribution in [2.24, 2.45) is 5.73 Å². The van der Waals surface area contributed by atoms with Crippen molar-refractivity contribution >= 4 is 5.91 Å². The van der Waals surface area contributed by atoms with Crippen LogP contribution in [0.15, 0.2) is 0 Å². The summed E-state index contributed by atoms with van der Waals surface area (Å²) in [7, 11) is 0. The van der Waals surface area contributed by atoms with Gasteiger partial charge in [0, 0.05) is 44.3 Å². The fraction of sp³-hybridized carbons (Fsp3) is 0.933. The van der Waals surface area contributed by atoms with Gasteiger partial charge in [-0.25, -0.2) is 0 Å². The molecule has 1 unspecified atom stereocenters. The van der Waals surface area contributed by atoms with Crippen LogP contribution in [-0.4, -0.2) is 66.1 Å². The minimum Gasteiger partial charge on any atom is -0.368 e. The normalized spacial score (nSPS) is 23.8. The predicted octanol–water partition coefficient (Wildman–Crippen LogP) is 0.399. The molecular formula is C15H30N4O. The average Bonchev–Trinajstić information content (AvgIpc) is 3.17. The van der Waals surface area contributed by atoms with Crippen LogP contribution in [-0.2, 0) is 4.79 Å². The van der Waals surface area contributed by atoms with Crippen LogP contribution in [0.5, 0.6) is 0 Å². The molecule has 1 aliphatic heterocycles. The second kappa shape index (κ2) is 6.41. The molecule has 20 heavy (non-hydrogen) atoms. The van der Waals surface area contributed by atoms with E-state index in [0.29, 0.717) is 6.04 Å². The van der Waals surface area contributed by atoms with Gasteiger partial charge in [0.25, 0.3) is 0 Å². The topological polar surface area (TPSA) is 61.6 Å². The Labute approximate surface area is 122 Å². The number of nitrogens with two attached hydrogens (primary N) is 1. The van der Waals surface area contributed by atoms with Crippen molar-refractivity contribution in [3.8, 4) is 0 Å². The lowest BCUT2D eigenvalue weighted by atomic mass is 10.0. The summed E-state index contributed by atoms with van der Waals surface area (Å²) in [6, 6.07) is 0.383. The smallest absolute Gasteiger partial charge is 0.234 e. The number of carbonyl (C=O) groups excluding carboxylic acids is 1. The van der Waals surface area contributed by atoms with Gasteiger partial charge in [-0.3, -0.25) is 9.69 Å². The summed E-state index contributed by atoms with van der Waals surface area (Å²) in [5.74, 6) is -0.203. The van der Waals surface area contributed by atoms with E-state index in [1.165, 1.54) is 12.8 Å². The first-order valence-electron chi connectivity index (χ1n) is 7.89. The summed E-state index contributed by atoms with van der Waals surface area (Å²) in [5.41, 5.74) is 5.74. The zero-order valence-electron chi connectivity index (χ0n) is 13.2. The van der Waals surface area contributed by atoms with E-state index in [2.05, 4.69) is 35.9 Å². The number of nitrogens with one attached hydrogen (secondary N) is 1. The van der Waals surface area contributed by atoms with Gasteiger partial charge in [-0.05, 0) is 40.0 Å². The van der Waals surface area contributed by atoms with Gasteiger partial charge in [-0.15, -0.1) is 0 Å². The minimum absolute atomic E-state index is 0.150. The molecule has 0 aromatic rings. The molecule has 1 atom stereocenters. The summed E-state index contributed by atoms with van der Waals surface area (Å²) in [4.78, 5) is 16.4. The Morgan fingerprint density at radius 1 is 1.25 bits per heavy atom. The first-order valence-corrected chi connectivity index (χ1v) is 7.89. The van der Waals surface area contributed by atoms with Gasteiger partial charge in [0.1, 0.15) is 0 Å². The number of amides is 1. The molecule has 1 aliphatic carbocycles. The lowest BCUT2D eigenvalue weighted by molar-refractivity contribution is -0.120. The van der Waals surface area contributed by atoms with E-state index >= 15 is 0 Å². The Bertz CT molecular complexity index is 327. The van der Waals surface area contributed by atoms with Crippen molar-refractivity contribution in [1.29, 1.82) is 0 Å². The fourth-order valence-corrected chi connectivity index (χ4v) is 2.80. The Morgan fingerprint density at radius 2 is 1.85 bits per heavy atom. The lowest BCUT2D eigenvalue weighted by Gasteiger charge is -2.42. The van der Waals surface area contributed by atoms with Crippen LogP contribution in [0.2, 0.25) is 0 Å². The van der Waals surface area contributed by atoms with Crippen LogP contribution in [0.1, 0.15) is 40.0 Å². The molecule has 1 heterocycles. The standard InChI is InChI=1S/C15H30N4O/c1-15(2,3)19-10-8-18(9-11-19)7-6-13(14(16)20)17-12-4-5-12/h12-13,17H,4-11H2,1-3H3,(H2,16,20). The van der Waals surface area contributed by atoms with Crippen LogP contribution in [0.25, 0.3) is 0 Å². The summed E-state index contributed by atoms with van der Waals surface area (Å²) in [6.07, 6.45) is 3.21. The van der Waals surface area contributed by atoms with E-state index in [0.717, 1.165) is 39.1 Å². The van der Waals surface area contributed by atoms with Gasteiger partial charge < -0.3 is 16.0 Å². The molecule has 2 fully saturated rings. The highest BCUT2D eigenvalue weighted by molar-refractivity contribution is 5.79. The van der Waals surface area contributed by atoms with Crippen molar-refractivity contribution in [2.45, 2.75) is 57.7 Å². The molecule has 0 radical (unpaired) electrons. The molecule has 0 aromatic heterocycles. The third kappa shape index (κ3) is 4.72. The van der Waals surface area contributed by atoms with Crippen LogP contribution in [0.4, 0.5) is 0 Å². The van der Waals surface area contributed by atoms with Gasteiger partial charge >= 0.3 is 0 Å². The SMILES string of the molecule is CC(C)(C)N1CCN(CCC(NC2CC2)C(N)=O)CC1. The fourth-order valence-electron chi connectivity index (χ4n) is 2.80. The zero-order chi connectivity index (χ0) is 14.8. The maximum atomic E-state index is 11.5. The molecule has 5 nitrogen and oxygen atoms in total. The quantitative estimate of drug-likeness (QED) is 0.740. The van der Waals surface area contributed by atoms with E-state index in [4.69, 9.17) is 5.73 Å². The zero-order valence-corrected chi connectivity index (χ0v) is 13.2. The highest BCUT2D eigenvalue weighted by atomic mass is 16.1. The number of primary amides is 1. The summed E-state index contributed by atoms with van der Waals surface area (Å²) >= 11 is 0. The molecule has 0 bridgehead atoms. The molecule has 0 spiro atoms. The molecule has 1 amide bonds. The third-order valence-corrected chi connectivity index (χ3v) is 4.41. The van der Waals surface area contributed by atoms with Gasteiger partial charge in [0.2, 0.25) is 5.91 Å². The molecule has 1 saturated heterocycles. The van der Waals surface area contributed by atoms with Crippen molar-refractivity contribution < 1.29 is 4.79 Å². The van der Waals surface area contributed by atoms with E-state index in [9.17, 15) is 4.79 Å². The van der Waals surface area contributed by atoms with Gasteiger partial charge in [-0.1, -0.05) is 0 Å². The molecule has 3 N–H and O–H groups in total. The summed E-state index contributed by atoms with van der Waals surface area (Å²) in [5, 5.41) is 3.35. The molecule has 1 saturated carbocycles. The second-order valence-electron chi connectivity index (χ2n) is 7.18. The van der Waals surface area contributed by atoms with E-state index in [1.54, 1.807) is 0 Å². The van der Waals surface area contributed by atoms with E-state index < -0.39 is 0 Å². The number of nitrogens with zero attached hydrogens (tertiary/aromatic N) is 2. The number of carbonyl (C=O) groups is 1. The third-order valence-electron chi connectivity index (χ3n) is 4.41. The molecule has 5 heteroatoms. The van der Waals surface area contributed by atoms with Crippen molar-refractivity contribution in [3.63, 3.8) is 0 Å². The number of rotatable bonds is 6. The Hall–Kier alpha value is -0.650.